The first-order valence-electron chi connectivity index (χ1n) is 11.9. The van der Waals surface area contributed by atoms with Crippen molar-refractivity contribution in [3.8, 4) is 11.4 Å². The smallest absolute Gasteiger partial charge is 0.243 e. The molecule has 1 atom stereocenters. The van der Waals surface area contributed by atoms with Crippen LogP contribution in [0.1, 0.15) is 32.4 Å². The van der Waals surface area contributed by atoms with Crippen molar-refractivity contribution in [2.45, 2.75) is 43.2 Å². The van der Waals surface area contributed by atoms with Crippen LogP contribution < -0.4 is 15.0 Å². The van der Waals surface area contributed by atoms with E-state index in [-0.39, 0.29) is 22.4 Å². The van der Waals surface area contributed by atoms with Gasteiger partial charge in [0.25, 0.3) is 0 Å². The summed E-state index contributed by atoms with van der Waals surface area (Å²) in [6.07, 6.45) is 3.21. The number of hydrogen-bond acceptors (Lipinski definition) is 5. The lowest BCUT2D eigenvalue weighted by Crippen LogP contribution is -2.51. The molecular formula is C26H28N4O4S. The number of fused-ring (bicyclic) bond motifs is 5. The van der Waals surface area contributed by atoms with E-state index in [4.69, 9.17) is 4.74 Å². The molecule has 182 valence electrons. The summed E-state index contributed by atoms with van der Waals surface area (Å²) >= 11 is 0. The molecule has 1 amide bonds. The Morgan fingerprint density at radius 1 is 1.06 bits per heavy atom. The first kappa shape index (κ1) is 22.2. The molecule has 1 spiro atoms. The zero-order valence-corrected chi connectivity index (χ0v) is 20.6. The molecule has 3 aromatic rings. The number of aromatic nitrogens is 1. The molecule has 9 heteroatoms. The lowest BCUT2D eigenvalue weighted by molar-refractivity contribution is -0.117. The average molecular weight is 493 g/mol. The van der Waals surface area contributed by atoms with E-state index in [0.29, 0.717) is 43.9 Å². The van der Waals surface area contributed by atoms with Crippen LogP contribution in [0.3, 0.4) is 0 Å². The molecule has 0 radical (unpaired) electrons. The number of amides is 1. The van der Waals surface area contributed by atoms with Gasteiger partial charge in [0.1, 0.15) is 11.9 Å². The van der Waals surface area contributed by atoms with Crippen LogP contribution in [0.4, 0.5) is 11.4 Å². The van der Waals surface area contributed by atoms with Gasteiger partial charge in [0, 0.05) is 31.9 Å². The summed E-state index contributed by atoms with van der Waals surface area (Å²) in [7, 11) is -3.73. The summed E-state index contributed by atoms with van der Waals surface area (Å²) in [6.45, 7) is 4.55. The van der Waals surface area contributed by atoms with Gasteiger partial charge in [-0.2, -0.15) is 4.31 Å². The summed E-state index contributed by atoms with van der Waals surface area (Å²) < 4.78 is 36.9. The highest BCUT2D eigenvalue weighted by Crippen LogP contribution is 2.44. The zero-order valence-electron chi connectivity index (χ0n) is 19.8. The fourth-order valence-corrected chi connectivity index (χ4v) is 7.07. The number of ether oxygens (including phenoxy) is 1. The Morgan fingerprint density at radius 2 is 1.83 bits per heavy atom. The largest absolute Gasteiger partial charge is 0.487 e. The zero-order chi connectivity index (χ0) is 24.4. The van der Waals surface area contributed by atoms with E-state index in [1.165, 1.54) is 6.92 Å². The minimum atomic E-state index is -3.73. The predicted octanol–water partition coefficient (Wildman–Crippen LogP) is 3.72. The quantitative estimate of drug-likeness (QED) is 0.590. The van der Waals surface area contributed by atoms with Gasteiger partial charge < -0.3 is 19.5 Å². The SMILES string of the molecule is CC(=O)N1CC(C)Oc2ccc(S(=O)(=O)N3CCC4(CC3)Nc3ccccc3-n3cccc34)cc21. The maximum Gasteiger partial charge on any atom is 0.243 e. The molecule has 8 nitrogen and oxygen atoms in total. The van der Waals surface area contributed by atoms with Gasteiger partial charge in [-0.1, -0.05) is 12.1 Å². The number of rotatable bonds is 2. The Balaban J connectivity index is 1.28. The molecule has 0 bridgehead atoms. The number of benzene rings is 2. The number of nitrogens with zero attached hydrogens (tertiary/aromatic N) is 3. The molecule has 0 saturated carbocycles. The molecule has 1 aromatic heterocycles. The summed E-state index contributed by atoms with van der Waals surface area (Å²) in [5.41, 5.74) is 3.50. The monoisotopic (exact) mass is 492 g/mol. The third-order valence-corrected chi connectivity index (χ3v) is 9.25. The molecule has 3 aliphatic rings. The standard InChI is InChI=1S/C26H28N4O4S/c1-18-17-30(19(2)31)23-16-20(9-10-24(23)34-18)35(32,33)28-14-11-26(12-15-28)25-8-5-13-29(25)22-7-4-3-6-21(22)27-26/h3-10,13,16,18,27H,11-12,14-15,17H2,1-2H3. The predicted molar refractivity (Wildman–Crippen MR) is 134 cm³/mol. The summed E-state index contributed by atoms with van der Waals surface area (Å²) in [6, 6.07) is 17.2. The van der Waals surface area contributed by atoms with Crippen molar-refractivity contribution in [2.75, 3.05) is 29.9 Å². The van der Waals surface area contributed by atoms with Crippen LogP contribution in [0.2, 0.25) is 0 Å². The minimum Gasteiger partial charge on any atom is -0.487 e. The summed E-state index contributed by atoms with van der Waals surface area (Å²) in [4.78, 5) is 14.0. The second kappa shape index (κ2) is 7.86. The molecule has 35 heavy (non-hydrogen) atoms. The van der Waals surface area contributed by atoms with Gasteiger partial charge in [0.2, 0.25) is 15.9 Å². The van der Waals surface area contributed by atoms with Gasteiger partial charge in [0.15, 0.2) is 0 Å². The summed E-state index contributed by atoms with van der Waals surface area (Å²) in [5.74, 6) is 0.392. The molecular weight excluding hydrogens is 464 g/mol. The molecule has 1 unspecified atom stereocenters. The third-order valence-electron chi connectivity index (χ3n) is 7.36. The number of anilines is 2. The van der Waals surface area contributed by atoms with Crippen molar-refractivity contribution >= 4 is 27.3 Å². The molecule has 3 aliphatic heterocycles. The van der Waals surface area contributed by atoms with Crippen LogP contribution in [-0.2, 0) is 20.4 Å². The van der Waals surface area contributed by atoms with E-state index in [9.17, 15) is 13.2 Å². The lowest BCUT2D eigenvalue weighted by Gasteiger charge is -2.46. The lowest BCUT2D eigenvalue weighted by atomic mass is 9.83. The number of carbonyl (C=O) groups is 1. The average Bonchev–Trinajstić information content (AvgIpc) is 3.35. The van der Waals surface area contributed by atoms with Crippen LogP contribution in [0, 0.1) is 0 Å². The number of nitrogens with one attached hydrogen (secondary N) is 1. The Morgan fingerprint density at radius 3 is 2.60 bits per heavy atom. The van der Waals surface area contributed by atoms with Crippen molar-refractivity contribution < 1.29 is 17.9 Å². The third kappa shape index (κ3) is 3.44. The van der Waals surface area contributed by atoms with Gasteiger partial charge in [-0.25, -0.2) is 8.42 Å². The van der Waals surface area contributed by atoms with E-state index >= 15 is 0 Å². The van der Waals surface area contributed by atoms with Gasteiger partial charge in [-0.3, -0.25) is 4.79 Å². The number of hydrogen-bond donors (Lipinski definition) is 1. The second-order valence-corrected chi connectivity index (χ2v) is 11.5. The molecule has 6 rings (SSSR count). The Labute approximate surface area is 205 Å². The van der Waals surface area contributed by atoms with Crippen LogP contribution in [0.25, 0.3) is 5.69 Å². The van der Waals surface area contributed by atoms with E-state index in [2.05, 4.69) is 34.3 Å². The van der Waals surface area contributed by atoms with Crippen molar-refractivity contribution in [1.29, 1.82) is 0 Å². The second-order valence-electron chi connectivity index (χ2n) is 9.58. The minimum absolute atomic E-state index is 0.137. The van der Waals surface area contributed by atoms with Crippen molar-refractivity contribution in [2.24, 2.45) is 0 Å². The van der Waals surface area contributed by atoms with Gasteiger partial charge in [0.05, 0.1) is 34.0 Å². The number of sulfonamides is 1. The number of carbonyl (C=O) groups excluding carboxylic acids is 1. The molecule has 1 saturated heterocycles. The summed E-state index contributed by atoms with van der Waals surface area (Å²) in [5, 5.41) is 3.73. The Hall–Kier alpha value is -3.30. The van der Waals surface area contributed by atoms with E-state index in [1.807, 2.05) is 25.1 Å². The normalized spacial score (nSPS) is 20.9. The maximum atomic E-state index is 13.6. The van der Waals surface area contributed by atoms with Crippen LogP contribution in [0.5, 0.6) is 5.75 Å². The van der Waals surface area contributed by atoms with E-state index in [1.54, 1.807) is 27.4 Å². The molecule has 1 N–H and O–H groups in total. The Bertz CT molecular complexity index is 1420. The molecule has 4 heterocycles. The first-order valence-corrected chi connectivity index (χ1v) is 13.4. The Kier molecular flexibility index (Phi) is 4.98. The van der Waals surface area contributed by atoms with Crippen LogP contribution in [0.15, 0.2) is 65.7 Å². The van der Waals surface area contributed by atoms with E-state index < -0.39 is 10.0 Å². The molecule has 2 aromatic carbocycles. The van der Waals surface area contributed by atoms with Crippen LogP contribution >= 0.6 is 0 Å². The fraction of sp³-hybridized carbons (Fsp3) is 0.346. The number of para-hydroxylation sites is 2. The highest BCUT2D eigenvalue weighted by atomic mass is 32.2. The molecule has 0 aliphatic carbocycles. The topological polar surface area (TPSA) is 83.9 Å². The first-order chi connectivity index (χ1) is 16.8. The van der Waals surface area contributed by atoms with Crippen molar-refractivity contribution in [3.63, 3.8) is 0 Å². The van der Waals surface area contributed by atoms with Gasteiger partial charge >= 0.3 is 0 Å². The fourth-order valence-electron chi connectivity index (χ4n) is 5.61. The van der Waals surface area contributed by atoms with Crippen molar-refractivity contribution in [3.05, 3.63) is 66.5 Å². The molecule has 1 fully saturated rings. The highest BCUT2D eigenvalue weighted by molar-refractivity contribution is 7.89. The maximum absolute atomic E-state index is 13.6. The van der Waals surface area contributed by atoms with Gasteiger partial charge in [-0.15, -0.1) is 0 Å². The number of piperidine rings is 1. The van der Waals surface area contributed by atoms with Crippen LogP contribution in [-0.4, -0.2) is 48.9 Å². The van der Waals surface area contributed by atoms with Crippen molar-refractivity contribution in [1.82, 2.24) is 8.87 Å². The highest BCUT2D eigenvalue weighted by Gasteiger charge is 2.44. The van der Waals surface area contributed by atoms with E-state index in [0.717, 1.165) is 17.1 Å². The van der Waals surface area contributed by atoms with Gasteiger partial charge in [-0.05, 0) is 62.2 Å².